The Kier molecular flexibility index (Phi) is 6.25. The Bertz CT molecular complexity index is 1020. The molecule has 1 fully saturated rings. The number of carbonyl (C=O) groups is 1. The van der Waals surface area contributed by atoms with Crippen LogP contribution >= 0.6 is 0 Å². The predicted octanol–water partition coefficient (Wildman–Crippen LogP) is 3.74. The number of hydrogen-bond acceptors (Lipinski definition) is 7. The normalized spacial score (nSPS) is 14.8. The number of nitrogens with zero attached hydrogens (tertiary/aromatic N) is 5. The van der Waals surface area contributed by atoms with Gasteiger partial charge in [-0.1, -0.05) is 37.2 Å². The van der Waals surface area contributed by atoms with Crippen molar-refractivity contribution >= 4 is 5.91 Å². The predicted molar refractivity (Wildman–Crippen MR) is 115 cm³/mol. The zero-order valence-corrected chi connectivity index (χ0v) is 18.1. The van der Waals surface area contributed by atoms with E-state index in [1.807, 2.05) is 36.1 Å². The van der Waals surface area contributed by atoms with E-state index in [0.717, 1.165) is 29.8 Å². The van der Waals surface area contributed by atoms with E-state index in [-0.39, 0.29) is 18.4 Å². The first-order valence-corrected chi connectivity index (χ1v) is 10.6. The number of likely N-dealkylation sites (tertiary alicyclic amines) is 1. The molecule has 0 bridgehead atoms. The van der Waals surface area contributed by atoms with Crippen molar-refractivity contribution in [3.05, 3.63) is 53.7 Å². The number of aryl methyl sites for hydroxylation is 1. The number of piperidine rings is 1. The van der Waals surface area contributed by atoms with E-state index < -0.39 is 0 Å². The van der Waals surface area contributed by atoms with Gasteiger partial charge in [0.2, 0.25) is 0 Å². The molecule has 1 amide bonds. The number of ether oxygens (including phenoxy) is 1. The van der Waals surface area contributed by atoms with Crippen molar-refractivity contribution in [3.63, 3.8) is 0 Å². The maximum Gasteiger partial charge on any atom is 0.278 e. The number of hydrogen-bond donors (Lipinski definition) is 0. The number of amides is 1. The van der Waals surface area contributed by atoms with Crippen LogP contribution in [-0.2, 0) is 4.79 Å². The molecule has 2 aromatic heterocycles. The summed E-state index contributed by atoms with van der Waals surface area (Å²) in [4.78, 5) is 27.5. The SMILES string of the molecule is Cc1cnc(-c2nc(C3CCN(C(=O)COc4ccccc4C(C)C)CC3)no2)cn1. The summed E-state index contributed by atoms with van der Waals surface area (Å²) in [5.41, 5.74) is 2.51. The molecule has 0 unspecified atom stereocenters. The fourth-order valence-electron chi connectivity index (χ4n) is 3.71. The zero-order chi connectivity index (χ0) is 21.8. The third kappa shape index (κ3) is 4.90. The van der Waals surface area contributed by atoms with Crippen LogP contribution in [0.4, 0.5) is 0 Å². The lowest BCUT2D eigenvalue weighted by molar-refractivity contribution is -0.134. The molecule has 0 N–H and O–H groups in total. The minimum absolute atomic E-state index is 0.000685. The van der Waals surface area contributed by atoms with Gasteiger partial charge in [0.05, 0.1) is 11.9 Å². The van der Waals surface area contributed by atoms with Crippen molar-refractivity contribution in [1.29, 1.82) is 0 Å². The number of carbonyl (C=O) groups excluding carboxylic acids is 1. The van der Waals surface area contributed by atoms with Crippen LogP contribution in [0.15, 0.2) is 41.2 Å². The van der Waals surface area contributed by atoms with Crippen LogP contribution < -0.4 is 4.74 Å². The summed E-state index contributed by atoms with van der Waals surface area (Å²) in [6.45, 7) is 7.44. The quantitative estimate of drug-likeness (QED) is 0.598. The molecule has 0 spiro atoms. The van der Waals surface area contributed by atoms with Crippen LogP contribution in [0.2, 0.25) is 0 Å². The molecule has 3 aromatic rings. The monoisotopic (exact) mass is 421 g/mol. The molecular formula is C23H27N5O3. The fraction of sp³-hybridized carbons (Fsp3) is 0.435. The van der Waals surface area contributed by atoms with Crippen molar-refractivity contribution in [2.45, 2.75) is 45.4 Å². The lowest BCUT2D eigenvalue weighted by atomic mass is 9.96. The second-order valence-electron chi connectivity index (χ2n) is 8.14. The molecule has 1 aromatic carbocycles. The molecule has 3 heterocycles. The van der Waals surface area contributed by atoms with Crippen LogP contribution in [0.25, 0.3) is 11.6 Å². The van der Waals surface area contributed by atoms with Gasteiger partial charge in [-0.05, 0) is 37.3 Å². The van der Waals surface area contributed by atoms with Crippen molar-refractivity contribution in [2.75, 3.05) is 19.7 Å². The van der Waals surface area contributed by atoms with E-state index in [2.05, 4.69) is 34.0 Å². The Morgan fingerprint density at radius 3 is 2.68 bits per heavy atom. The van der Waals surface area contributed by atoms with Gasteiger partial charge in [0.25, 0.3) is 11.8 Å². The van der Waals surface area contributed by atoms with Crippen LogP contribution in [0, 0.1) is 6.92 Å². The Balaban J connectivity index is 1.31. The molecule has 4 rings (SSSR count). The maximum absolute atomic E-state index is 12.6. The highest BCUT2D eigenvalue weighted by Crippen LogP contribution is 2.28. The van der Waals surface area contributed by atoms with Gasteiger partial charge in [-0.3, -0.25) is 9.78 Å². The number of benzene rings is 1. The van der Waals surface area contributed by atoms with Gasteiger partial charge in [-0.15, -0.1) is 0 Å². The van der Waals surface area contributed by atoms with E-state index in [9.17, 15) is 4.79 Å². The summed E-state index contributed by atoms with van der Waals surface area (Å²) < 4.78 is 11.2. The molecule has 8 nitrogen and oxygen atoms in total. The molecule has 1 saturated heterocycles. The summed E-state index contributed by atoms with van der Waals surface area (Å²) in [6.07, 6.45) is 4.87. The maximum atomic E-state index is 12.6. The van der Waals surface area contributed by atoms with Gasteiger partial charge in [-0.25, -0.2) is 4.98 Å². The Morgan fingerprint density at radius 2 is 1.97 bits per heavy atom. The molecule has 0 aliphatic carbocycles. The number of para-hydroxylation sites is 1. The summed E-state index contributed by atoms with van der Waals surface area (Å²) in [6, 6.07) is 7.88. The molecule has 0 atom stereocenters. The molecule has 8 heteroatoms. The van der Waals surface area contributed by atoms with Crippen LogP contribution in [0.3, 0.4) is 0 Å². The Morgan fingerprint density at radius 1 is 1.19 bits per heavy atom. The van der Waals surface area contributed by atoms with Gasteiger partial charge >= 0.3 is 0 Å². The third-order valence-electron chi connectivity index (χ3n) is 5.55. The first kappa shape index (κ1) is 21.0. The average molecular weight is 422 g/mol. The Hall–Kier alpha value is -3.29. The van der Waals surface area contributed by atoms with E-state index >= 15 is 0 Å². The number of aromatic nitrogens is 4. The van der Waals surface area contributed by atoms with Crippen molar-refractivity contribution in [2.24, 2.45) is 0 Å². The highest BCUT2D eigenvalue weighted by atomic mass is 16.5. The van der Waals surface area contributed by atoms with Gasteiger partial charge in [0.1, 0.15) is 11.4 Å². The van der Waals surface area contributed by atoms with Crippen LogP contribution in [0.5, 0.6) is 5.75 Å². The van der Waals surface area contributed by atoms with Gasteiger partial charge in [0.15, 0.2) is 12.4 Å². The zero-order valence-electron chi connectivity index (χ0n) is 18.1. The summed E-state index contributed by atoms with van der Waals surface area (Å²) in [7, 11) is 0. The largest absolute Gasteiger partial charge is 0.483 e. The molecule has 0 saturated carbocycles. The molecule has 0 radical (unpaired) electrons. The molecule has 31 heavy (non-hydrogen) atoms. The highest BCUT2D eigenvalue weighted by molar-refractivity contribution is 5.78. The summed E-state index contributed by atoms with van der Waals surface area (Å²) in [5, 5.41) is 4.13. The lowest BCUT2D eigenvalue weighted by Crippen LogP contribution is -2.40. The second-order valence-corrected chi connectivity index (χ2v) is 8.14. The molecule has 1 aliphatic heterocycles. The molecule has 1 aliphatic rings. The minimum atomic E-state index is 0.000685. The number of rotatable bonds is 6. The van der Waals surface area contributed by atoms with Crippen LogP contribution in [-0.4, -0.2) is 50.6 Å². The minimum Gasteiger partial charge on any atom is -0.483 e. The lowest BCUT2D eigenvalue weighted by Gasteiger charge is -2.30. The first-order chi connectivity index (χ1) is 15.0. The van der Waals surface area contributed by atoms with Gasteiger partial charge in [0, 0.05) is 25.2 Å². The van der Waals surface area contributed by atoms with Crippen molar-refractivity contribution in [1.82, 2.24) is 25.0 Å². The van der Waals surface area contributed by atoms with E-state index in [0.29, 0.717) is 36.4 Å². The molecule has 162 valence electrons. The first-order valence-electron chi connectivity index (χ1n) is 10.6. The summed E-state index contributed by atoms with van der Waals surface area (Å²) in [5.74, 6) is 2.31. The smallest absolute Gasteiger partial charge is 0.278 e. The van der Waals surface area contributed by atoms with Crippen molar-refractivity contribution in [3.8, 4) is 17.3 Å². The van der Waals surface area contributed by atoms with E-state index in [4.69, 9.17) is 9.26 Å². The highest BCUT2D eigenvalue weighted by Gasteiger charge is 2.27. The average Bonchev–Trinajstić information content (AvgIpc) is 3.28. The standard InChI is InChI=1S/C23H27N5O3/c1-15(2)18-6-4-5-7-20(18)30-14-21(29)28-10-8-17(9-11-28)22-26-23(31-27-22)19-13-24-16(3)12-25-19/h4-7,12-13,15,17H,8-11,14H2,1-3H3. The third-order valence-corrected chi connectivity index (χ3v) is 5.55. The fourth-order valence-corrected chi connectivity index (χ4v) is 3.71. The van der Waals surface area contributed by atoms with Crippen molar-refractivity contribution < 1.29 is 14.1 Å². The van der Waals surface area contributed by atoms with E-state index in [1.165, 1.54) is 0 Å². The van der Waals surface area contributed by atoms with Crippen LogP contribution in [0.1, 0.15) is 55.6 Å². The van der Waals surface area contributed by atoms with Gasteiger partial charge < -0.3 is 14.2 Å². The second kappa shape index (κ2) is 9.24. The van der Waals surface area contributed by atoms with Gasteiger partial charge in [-0.2, -0.15) is 4.98 Å². The topological polar surface area (TPSA) is 94.2 Å². The summed E-state index contributed by atoms with van der Waals surface area (Å²) >= 11 is 0. The van der Waals surface area contributed by atoms with E-state index in [1.54, 1.807) is 12.4 Å². The molecular weight excluding hydrogens is 394 g/mol. The Labute approximate surface area is 181 Å².